The molecule has 3 aromatic heterocycles. The molecule has 0 unspecified atom stereocenters. The number of carbonyl (C=O) groups excluding carboxylic acids is 1. The molecule has 0 N–H and O–H groups in total. The molecule has 3 rings (SSSR count). The number of hydrogen-bond donors (Lipinski definition) is 0. The van der Waals surface area contributed by atoms with Crippen molar-refractivity contribution in [3.63, 3.8) is 0 Å². The topological polar surface area (TPSA) is 47.8 Å². The zero-order valence-corrected chi connectivity index (χ0v) is 13.4. The molecule has 0 aliphatic carbocycles. The standard InChI is InChI=1S/C17H17N3OS/c1-12-13(2)22-17(19-12)10-16(21)15-4-3-9-20(15)11-14-5-7-18-8-6-14/h3-9H,10-11H2,1-2H3. The van der Waals surface area contributed by atoms with E-state index in [0.717, 1.165) is 22.0 Å². The molecule has 0 aliphatic rings. The molecule has 0 spiro atoms. The van der Waals surface area contributed by atoms with Gasteiger partial charge in [-0.2, -0.15) is 0 Å². The maximum Gasteiger partial charge on any atom is 0.186 e. The van der Waals surface area contributed by atoms with Crippen LogP contribution in [0.1, 0.15) is 31.6 Å². The second kappa shape index (κ2) is 6.23. The second-order valence-electron chi connectivity index (χ2n) is 5.23. The zero-order valence-electron chi connectivity index (χ0n) is 12.6. The minimum Gasteiger partial charge on any atom is -0.341 e. The molecule has 0 amide bonds. The fraction of sp³-hybridized carbons (Fsp3) is 0.235. The molecule has 5 heteroatoms. The average Bonchev–Trinajstić information content (AvgIpc) is 3.07. The molecule has 3 aromatic rings. The third kappa shape index (κ3) is 3.14. The molecule has 0 radical (unpaired) electrons. The first-order valence-electron chi connectivity index (χ1n) is 7.13. The summed E-state index contributed by atoms with van der Waals surface area (Å²) in [6.07, 6.45) is 5.83. The zero-order chi connectivity index (χ0) is 15.5. The maximum absolute atomic E-state index is 12.5. The number of nitrogens with zero attached hydrogens (tertiary/aromatic N) is 3. The number of thiazole rings is 1. The van der Waals surface area contributed by atoms with Gasteiger partial charge in [-0.15, -0.1) is 11.3 Å². The Hall–Kier alpha value is -2.27. The van der Waals surface area contributed by atoms with Gasteiger partial charge in [-0.05, 0) is 43.7 Å². The predicted molar refractivity (Wildman–Crippen MR) is 87.4 cm³/mol. The van der Waals surface area contributed by atoms with Crippen molar-refractivity contribution in [1.29, 1.82) is 0 Å². The highest BCUT2D eigenvalue weighted by Gasteiger charge is 2.14. The van der Waals surface area contributed by atoms with E-state index in [9.17, 15) is 4.79 Å². The van der Waals surface area contributed by atoms with Crippen molar-refractivity contribution < 1.29 is 4.79 Å². The summed E-state index contributed by atoms with van der Waals surface area (Å²) in [5.41, 5.74) is 2.86. The Balaban J connectivity index is 1.77. The lowest BCUT2D eigenvalue weighted by molar-refractivity contribution is 0.0984. The van der Waals surface area contributed by atoms with Gasteiger partial charge in [-0.25, -0.2) is 4.98 Å². The number of ketones is 1. The van der Waals surface area contributed by atoms with Crippen LogP contribution < -0.4 is 0 Å². The summed E-state index contributed by atoms with van der Waals surface area (Å²) < 4.78 is 1.98. The lowest BCUT2D eigenvalue weighted by Gasteiger charge is -2.08. The Kier molecular flexibility index (Phi) is 4.15. The van der Waals surface area contributed by atoms with Crippen molar-refractivity contribution in [1.82, 2.24) is 14.5 Å². The van der Waals surface area contributed by atoms with E-state index in [0.29, 0.717) is 13.0 Å². The Bertz CT molecular complexity index is 770. The lowest BCUT2D eigenvalue weighted by Crippen LogP contribution is -2.11. The first-order valence-corrected chi connectivity index (χ1v) is 7.95. The lowest BCUT2D eigenvalue weighted by atomic mass is 10.2. The third-order valence-corrected chi connectivity index (χ3v) is 4.67. The largest absolute Gasteiger partial charge is 0.341 e. The first kappa shape index (κ1) is 14.7. The minimum absolute atomic E-state index is 0.104. The van der Waals surface area contributed by atoms with Crippen molar-refractivity contribution in [3.05, 3.63) is 69.7 Å². The highest BCUT2D eigenvalue weighted by Crippen LogP contribution is 2.19. The highest BCUT2D eigenvalue weighted by molar-refractivity contribution is 7.11. The fourth-order valence-electron chi connectivity index (χ4n) is 2.33. The Labute approximate surface area is 133 Å². The van der Waals surface area contributed by atoms with E-state index in [-0.39, 0.29) is 5.78 Å². The van der Waals surface area contributed by atoms with Gasteiger partial charge in [0.05, 0.1) is 17.8 Å². The van der Waals surface area contributed by atoms with Crippen LogP contribution in [0.25, 0.3) is 0 Å². The van der Waals surface area contributed by atoms with Gasteiger partial charge in [-0.3, -0.25) is 9.78 Å². The number of pyridine rings is 1. The van der Waals surface area contributed by atoms with E-state index in [4.69, 9.17) is 0 Å². The monoisotopic (exact) mass is 311 g/mol. The summed E-state index contributed by atoms with van der Waals surface area (Å²) >= 11 is 1.60. The van der Waals surface area contributed by atoms with Gasteiger partial charge in [0.2, 0.25) is 0 Å². The van der Waals surface area contributed by atoms with Gasteiger partial charge < -0.3 is 4.57 Å². The smallest absolute Gasteiger partial charge is 0.186 e. The number of hydrogen-bond acceptors (Lipinski definition) is 4. The summed E-state index contributed by atoms with van der Waals surface area (Å²) in [5.74, 6) is 0.104. The van der Waals surface area contributed by atoms with Gasteiger partial charge in [0.15, 0.2) is 5.78 Å². The quantitative estimate of drug-likeness (QED) is 0.678. The van der Waals surface area contributed by atoms with Crippen molar-refractivity contribution in [3.8, 4) is 0 Å². The van der Waals surface area contributed by atoms with Gasteiger partial charge >= 0.3 is 0 Å². The van der Waals surface area contributed by atoms with E-state index in [1.165, 1.54) is 4.88 Å². The molecule has 0 aliphatic heterocycles. The van der Waals surface area contributed by atoms with Crippen LogP contribution in [0.4, 0.5) is 0 Å². The van der Waals surface area contributed by atoms with E-state index in [1.807, 2.05) is 48.9 Å². The van der Waals surface area contributed by atoms with Crippen LogP contribution in [-0.2, 0) is 13.0 Å². The van der Waals surface area contributed by atoms with Crippen LogP contribution in [0.5, 0.6) is 0 Å². The Morgan fingerprint density at radius 1 is 1.23 bits per heavy atom. The molecule has 22 heavy (non-hydrogen) atoms. The molecule has 0 atom stereocenters. The molecule has 0 aromatic carbocycles. The van der Waals surface area contributed by atoms with E-state index in [2.05, 4.69) is 9.97 Å². The molecule has 112 valence electrons. The van der Waals surface area contributed by atoms with Crippen LogP contribution in [0.3, 0.4) is 0 Å². The van der Waals surface area contributed by atoms with Crippen molar-refractivity contribution in [2.75, 3.05) is 0 Å². The summed E-state index contributed by atoms with van der Waals surface area (Å²) in [5, 5.41) is 0.886. The average molecular weight is 311 g/mol. The number of Topliss-reactive ketones (excluding diaryl/α,β-unsaturated/α-hetero) is 1. The first-order chi connectivity index (χ1) is 10.6. The highest BCUT2D eigenvalue weighted by atomic mass is 32.1. The molecule has 0 saturated carbocycles. The van der Waals surface area contributed by atoms with Gasteiger partial charge in [0.1, 0.15) is 5.01 Å². The Morgan fingerprint density at radius 2 is 2.00 bits per heavy atom. The third-order valence-electron chi connectivity index (χ3n) is 3.60. The predicted octanol–water partition coefficient (Wildman–Crippen LogP) is 3.43. The van der Waals surface area contributed by atoms with Crippen molar-refractivity contribution >= 4 is 17.1 Å². The molecular weight excluding hydrogens is 294 g/mol. The van der Waals surface area contributed by atoms with Crippen LogP contribution in [0.15, 0.2) is 42.9 Å². The summed E-state index contributed by atoms with van der Waals surface area (Å²) in [4.78, 5) is 22.2. The summed E-state index contributed by atoms with van der Waals surface area (Å²) in [7, 11) is 0. The maximum atomic E-state index is 12.5. The number of aryl methyl sites for hydroxylation is 2. The number of aromatic nitrogens is 3. The van der Waals surface area contributed by atoms with Crippen LogP contribution >= 0.6 is 11.3 Å². The number of carbonyl (C=O) groups is 1. The van der Waals surface area contributed by atoms with Gasteiger partial charge in [-0.1, -0.05) is 0 Å². The van der Waals surface area contributed by atoms with E-state index in [1.54, 1.807) is 23.7 Å². The molecule has 0 saturated heterocycles. The minimum atomic E-state index is 0.104. The Morgan fingerprint density at radius 3 is 2.68 bits per heavy atom. The normalized spacial score (nSPS) is 10.8. The van der Waals surface area contributed by atoms with Crippen molar-refractivity contribution in [2.45, 2.75) is 26.8 Å². The van der Waals surface area contributed by atoms with Gasteiger partial charge in [0.25, 0.3) is 0 Å². The molecule has 0 bridgehead atoms. The van der Waals surface area contributed by atoms with Crippen LogP contribution in [0.2, 0.25) is 0 Å². The van der Waals surface area contributed by atoms with E-state index < -0.39 is 0 Å². The summed E-state index contributed by atoms with van der Waals surface area (Å²) in [6.45, 7) is 4.69. The SMILES string of the molecule is Cc1nc(CC(=O)c2cccn2Cc2ccncc2)sc1C. The van der Waals surface area contributed by atoms with E-state index >= 15 is 0 Å². The molecule has 3 heterocycles. The van der Waals surface area contributed by atoms with Gasteiger partial charge in [0, 0.05) is 30.0 Å². The molecule has 4 nitrogen and oxygen atoms in total. The fourth-order valence-corrected chi connectivity index (χ4v) is 3.27. The molecule has 0 fully saturated rings. The van der Waals surface area contributed by atoms with Crippen LogP contribution in [0, 0.1) is 13.8 Å². The second-order valence-corrected chi connectivity index (χ2v) is 6.51. The summed E-state index contributed by atoms with van der Waals surface area (Å²) in [6, 6.07) is 7.70. The molecular formula is C17H17N3OS. The van der Waals surface area contributed by atoms with Crippen LogP contribution in [-0.4, -0.2) is 20.3 Å². The van der Waals surface area contributed by atoms with Crippen molar-refractivity contribution in [2.24, 2.45) is 0 Å². The number of rotatable bonds is 5.